The fraction of sp³-hybridized carbons (Fsp3) is 0.455. The van der Waals surface area contributed by atoms with Gasteiger partial charge in [0.2, 0.25) is 0 Å². The maximum Gasteiger partial charge on any atom is 0.121 e. The van der Waals surface area contributed by atoms with Gasteiger partial charge in [-0.2, -0.15) is 0 Å². The molecule has 2 nitrogen and oxygen atoms in total. The van der Waals surface area contributed by atoms with Crippen LogP contribution in [0.3, 0.4) is 0 Å². The van der Waals surface area contributed by atoms with Gasteiger partial charge in [0.05, 0.1) is 0 Å². The van der Waals surface area contributed by atoms with Crippen molar-refractivity contribution in [3.63, 3.8) is 0 Å². The quantitative estimate of drug-likeness (QED) is 0.857. The smallest absolute Gasteiger partial charge is 0.121 e. The number of benzene rings is 1. The average molecular weight is 259 g/mol. The van der Waals surface area contributed by atoms with Crippen LogP contribution >= 0.6 is 15.9 Å². The fourth-order valence-electron chi connectivity index (χ4n) is 1.63. The second-order valence-electron chi connectivity index (χ2n) is 3.65. The summed E-state index contributed by atoms with van der Waals surface area (Å²) in [5, 5.41) is 18.8. The van der Waals surface area contributed by atoms with E-state index in [2.05, 4.69) is 15.9 Å². The Hall–Kier alpha value is -0.540. The van der Waals surface area contributed by atoms with Crippen molar-refractivity contribution in [2.45, 2.75) is 26.7 Å². The van der Waals surface area contributed by atoms with Crippen LogP contribution in [-0.2, 0) is 0 Å². The van der Waals surface area contributed by atoms with Gasteiger partial charge in [-0.15, -0.1) is 0 Å². The van der Waals surface area contributed by atoms with Gasteiger partial charge in [0.25, 0.3) is 0 Å². The molecule has 3 heteroatoms. The molecule has 0 bridgehead atoms. The normalized spacial score (nSPS) is 12.9. The van der Waals surface area contributed by atoms with Crippen molar-refractivity contribution >= 4 is 15.9 Å². The molecule has 1 aromatic rings. The van der Waals surface area contributed by atoms with E-state index in [1.807, 2.05) is 26.8 Å². The van der Waals surface area contributed by atoms with Crippen LogP contribution in [0.1, 0.15) is 29.5 Å². The van der Waals surface area contributed by atoms with Crippen LogP contribution in [0.5, 0.6) is 5.75 Å². The molecule has 1 unspecified atom stereocenters. The number of phenolic OH excluding ortho intramolecular Hbond substituents is 1. The Morgan fingerprint density at radius 2 is 2.00 bits per heavy atom. The van der Waals surface area contributed by atoms with Gasteiger partial charge in [0.15, 0.2) is 0 Å². The highest BCUT2D eigenvalue weighted by Gasteiger charge is 2.15. The van der Waals surface area contributed by atoms with Crippen LogP contribution in [0.25, 0.3) is 0 Å². The number of hydrogen-bond acceptors (Lipinski definition) is 2. The van der Waals surface area contributed by atoms with Gasteiger partial charge < -0.3 is 10.2 Å². The highest BCUT2D eigenvalue weighted by Crippen LogP contribution is 2.35. The standard InChI is InChI=1S/C11H15BrO2/c1-6-4-9(12)10(7(2)5-13)8(3)11(6)14/h4,7,13-14H,5H2,1-3H3. The largest absolute Gasteiger partial charge is 0.507 e. The van der Waals surface area contributed by atoms with Gasteiger partial charge in [-0.1, -0.05) is 22.9 Å². The Labute approximate surface area is 92.7 Å². The lowest BCUT2D eigenvalue weighted by Crippen LogP contribution is -2.03. The van der Waals surface area contributed by atoms with E-state index in [9.17, 15) is 5.11 Å². The monoisotopic (exact) mass is 258 g/mol. The lowest BCUT2D eigenvalue weighted by Gasteiger charge is -2.16. The average Bonchev–Trinajstić information content (AvgIpc) is 2.14. The summed E-state index contributed by atoms with van der Waals surface area (Å²) in [7, 11) is 0. The maximum atomic E-state index is 9.75. The molecule has 2 N–H and O–H groups in total. The van der Waals surface area contributed by atoms with Gasteiger partial charge in [-0.05, 0) is 36.6 Å². The minimum absolute atomic E-state index is 0.0378. The van der Waals surface area contributed by atoms with E-state index >= 15 is 0 Å². The highest BCUT2D eigenvalue weighted by atomic mass is 79.9. The molecule has 0 saturated carbocycles. The summed E-state index contributed by atoms with van der Waals surface area (Å²) in [4.78, 5) is 0. The van der Waals surface area contributed by atoms with Crippen molar-refractivity contribution in [1.29, 1.82) is 0 Å². The van der Waals surface area contributed by atoms with E-state index in [1.165, 1.54) is 0 Å². The first-order valence-electron chi connectivity index (χ1n) is 4.58. The van der Waals surface area contributed by atoms with Crippen LogP contribution in [0.2, 0.25) is 0 Å². The summed E-state index contributed by atoms with van der Waals surface area (Å²) in [5.74, 6) is 0.361. The topological polar surface area (TPSA) is 40.5 Å². The molecule has 0 spiro atoms. The zero-order valence-electron chi connectivity index (χ0n) is 8.63. The highest BCUT2D eigenvalue weighted by molar-refractivity contribution is 9.10. The molecule has 0 amide bonds. The van der Waals surface area contributed by atoms with Crippen molar-refractivity contribution < 1.29 is 10.2 Å². The maximum absolute atomic E-state index is 9.75. The second kappa shape index (κ2) is 4.32. The number of aryl methyl sites for hydroxylation is 1. The third-order valence-corrected chi connectivity index (χ3v) is 3.16. The molecule has 0 fully saturated rings. The molecule has 14 heavy (non-hydrogen) atoms. The number of aliphatic hydroxyl groups is 1. The first kappa shape index (κ1) is 11.5. The van der Waals surface area contributed by atoms with Gasteiger partial charge in [-0.3, -0.25) is 0 Å². The van der Waals surface area contributed by atoms with Crippen molar-refractivity contribution in [3.05, 3.63) is 27.2 Å². The Balaban J connectivity index is 3.36. The summed E-state index contributed by atoms with van der Waals surface area (Å²) >= 11 is 3.45. The predicted molar refractivity (Wildman–Crippen MR) is 60.8 cm³/mol. The first-order chi connectivity index (χ1) is 6.49. The van der Waals surface area contributed by atoms with Crippen molar-refractivity contribution in [3.8, 4) is 5.75 Å². The van der Waals surface area contributed by atoms with Crippen LogP contribution in [0.15, 0.2) is 10.5 Å². The third kappa shape index (κ3) is 1.93. The summed E-state index contributed by atoms with van der Waals surface area (Å²) in [6, 6.07) is 1.88. The van der Waals surface area contributed by atoms with Crippen LogP contribution < -0.4 is 0 Å². The lowest BCUT2D eigenvalue weighted by molar-refractivity contribution is 0.272. The molecule has 78 valence electrons. The summed E-state index contributed by atoms with van der Waals surface area (Å²) in [5.41, 5.74) is 2.68. The number of aliphatic hydroxyl groups excluding tert-OH is 1. The molecule has 0 saturated heterocycles. The number of phenols is 1. The molecular weight excluding hydrogens is 244 g/mol. The first-order valence-corrected chi connectivity index (χ1v) is 5.37. The molecule has 1 atom stereocenters. The van der Waals surface area contributed by atoms with Crippen molar-refractivity contribution in [2.75, 3.05) is 6.61 Å². The van der Waals surface area contributed by atoms with Crippen LogP contribution in [0, 0.1) is 13.8 Å². The van der Waals surface area contributed by atoms with E-state index in [4.69, 9.17) is 5.11 Å². The molecule has 0 aliphatic heterocycles. The molecule has 0 heterocycles. The Kier molecular flexibility index (Phi) is 3.56. The molecule has 0 aromatic heterocycles. The predicted octanol–water partition coefficient (Wildman–Crippen LogP) is 2.87. The Bertz CT molecular complexity index is 348. The van der Waals surface area contributed by atoms with Crippen molar-refractivity contribution in [1.82, 2.24) is 0 Å². The van der Waals surface area contributed by atoms with E-state index in [0.717, 1.165) is 21.2 Å². The van der Waals surface area contributed by atoms with Gasteiger partial charge in [0.1, 0.15) is 5.75 Å². The van der Waals surface area contributed by atoms with Crippen molar-refractivity contribution in [2.24, 2.45) is 0 Å². The molecule has 0 aliphatic carbocycles. The SMILES string of the molecule is Cc1cc(Br)c(C(C)CO)c(C)c1O. The van der Waals surface area contributed by atoms with Gasteiger partial charge in [-0.25, -0.2) is 0 Å². The summed E-state index contributed by atoms with van der Waals surface area (Å²) < 4.78 is 0.951. The molecule has 1 rings (SSSR count). The summed E-state index contributed by atoms with van der Waals surface area (Å²) in [6.07, 6.45) is 0. The number of aromatic hydroxyl groups is 1. The lowest BCUT2D eigenvalue weighted by atomic mass is 9.94. The Morgan fingerprint density at radius 1 is 1.43 bits per heavy atom. The van der Waals surface area contributed by atoms with E-state index < -0.39 is 0 Å². The Morgan fingerprint density at radius 3 is 2.50 bits per heavy atom. The minimum Gasteiger partial charge on any atom is -0.507 e. The van der Waals surface area contributed by atoms with Gasteiger partial charge in [0, 0.05) is 17.0 Å². The molecule has 0 radical (unpaired) electrons. The van der Waals surface area contributed by atoms with Gasteiger partial charge >= 0.3 is 0 Å². The third-order valence-electron chi connectivity index (χ3n) is 2.50. The number of rotatable bonds is 2. The second-order valence-corrected chi connectivity index (χ2v) is 4.50. The number of halogens is 1. The zero-order valence-corrected chi connectivity index (χ0v) is 10.2. The van der Waals surface area contributed by atoms with Crippen LogP contribution in [0.4, 0.5) is 0 Å². The fourth-order valence-corrected chi connectivity index (χ4v) is 2.67. The molecular formula is C11H15BrO2. The number of hydrogen-bond donors (Lipinski definition) is 2. The van der Waals surface area contributed by atoms with Crippen LogP contribution in [-0.4, -0.2) is 16.8 Å². The zero-order chi connectivity index (χ0) is 10.9. The minimum atomic E-state index is 0.0378. The molecule has 0 aliphatic rings. The van der Waals surface area contributed by atoms with E-state index in [-0.39, 0.29) is 12.5 Å². The molecule has 1 aromatic carbocycles. The van der Waals surface area contributed by atoms with E-state index in [1.54, 1.807) is 0 Å². The van der Waals surface area contributed by atoms with E-state index in [0.29, 0.717) is 5.75 Å². The summed E-state index contributed by atoms with van der Waals surface area (Å²) in [6.45, 7) is 5.75.